The molecule has 0 saturated carbocycles. The molecule has 1 aromatic heterocycles. The van der Waals surface area contributed by atoms with Crippen LogP contribution in [0.4, 0.5) is 0 Å². The number of benzene rings is 7. The molecule has 0 fully saturated rings. The van der Waals surface area contributed by atoms with E-state index in [1.54, 1.807) is 0 Å². The van der Waals surface area contributed by atoms with Crippen molar-refractivity contribution in [2.45, 2.75) is 0 Å². The van der Waals surface area contributed by atoms with Crippen LogP contribution in [0.5, 0.6) is 0 Å². The van der Waals surface area contributed by atoms with E-state index in [9.17, 15) is 10.5 Å². The number of rotatable bonds is 6. The fourth-order valence-electron chi connectivity index (χ4n) is 7.37. The van der Waals surface area contributed by atoms with Gasteiger partial charge in [0, 0.05) is 27.6 Å². The van der Waals surface area contributed by atoms with Gasteiger partial charge in [0.05, 0.1) is 34.3 Å². The van der Waals surface area contributed by atoms with Gasteiger partial charge in [-0.25, -0.2) is 0 Å². The van der Waals surface area contributed by atoms with Crippen molar-refractivity contribution in [2.75, 3.05) is 0 Å². The minimum absolute atomic E-state index is 0.524. The van der Waals surface area contributed by atoms with Gasteiger partial charge in [-0.15, -0.1) is 0 Å². The molecular formula is C44H29N3Si-. The van der Waals surface area contributed by atoms with Gasteiger partial charge in [-0.1, -0.05) is 152 Å². The third kappa shape index (κ3) is 4.55. The third-order valence-electron chi connectivity index (χ3n) is 9.45. The monoisotopic (exact) mass is 627 g/mol. The van der Waals surface area contributed by atoms with E-state index in [1.807, 2.05) is 30.3 Å². The van der Waals surface area contributed by atoms with Crippen LogP contribution in [0.1, 0.15) is 11.1 Å². The highest BCUT2D eigenvalue weighted by Gasteiger charge is 2.29. The van der Waals surface area contributed by atoms with Gasteiger partial charge in [-0.2, -0.15) is 31.3 Å². The van der Waals surface area contributed by atoms with E-state index in [1.165, 1.54) is 26.3 Å². The van der Waals surface area contributed by atoms with E-state index >= 15 is 0 Å². The molecule has 0 atom stereocenters. The molecule has 0 spiro atoms. The van der Waals surface area contributed by atoms with Gasteiger partial charge in [0.2, 0.25) is 0 Å². The average Bonchev–Trinajstić information content (AvgIpc) is 3.50. The summed E-state index contributed by atoms with van der Waals surface area (Å²) in [6, 6.07) is 66.0. The summed E-state index contributed by atoms with van der Waals surface area (Å²) < 4.78 is 2.21. The number of nitrogens with zero attached hydrogens (tertiary/aromatic N) is 3. The molecule has 3 nitrogen and oxygen atoms in total. The molecule has 225 valence electrons. The zero-order chi connectivity index (χ0) is 32.5. The summed E-state index contributed by atoms with van der Waals surface area (Å²) >= 11 is 0. The maximum atomic E-state index is 10.7. The Kier molecular flexibility index (Phi) is 7.27. The van der Waals surface area contributed by atoms with Crippen LogP contribution in [0.25, 0.3) is 38.6 Å². The summed E-state index contributed by atoms with van der Waals surface area (Å²) in [5, 5.41) is 28.3. The van der Waals surface area contributed by atoms with Crippen LogP contribution in [0, 0.1) is 22.7 Å². The maximum Gasteiger partial charge on any atom is 0.0998 e. The van der Waals surface area contributed by atoms with Crippen molar-refractivity contribution in [1.82, 2.24) is 4.57 Å². The SMILES string of the molecule is N#Cc1cc(-n2c3ccccc3c3ccccc32)ccc1-c1ccc([Si-](c2ccccc2)(c2ccccc2)c2ccccc2)cc1C#N. The predicted octanol–water partition coefficient (Wildman–Crippen LogP) is 7.57. The third-order valence-corrected chi connectivity index (χ3v) is 14.2. The highest BCUT2D eigenvalue weighted by Crippen LogP contribution is 2.34. The Morgan fingerprint density at radius 1 is 0.396 bits per heavy atom. The van der Waals surface area contributed by atoms with Crippen LogP contribution in [0.2, 0.25) is 0 Å². The van der Waals surface area contributed by atoms with Crippen molar-refractivity contribution in [3.63, 3.8) is 0 Å². The molecule has 0 aliphatic carbocycles. The van der Waals surface area contributed by atoms with Crippen molar-refractivity contribution in [3.8, 4) is 29.0 Å². The van der Waals surface area contributed by atoms with Crippen molar-refractivity contribution in [1.29, 1.82) is 10.5 Å². The number of nitriles is 2. The lowest BCUT2D eigenvalue weighted by Crippen LogP contribution is -2.74. The molecule has 0 unspecified atom stereocenters. The molecule has 0 aliphatic heterocycles. The molecule has 8 aromatic rings. The highest BCUT2D eigenvalue weighted by atomic mass is 28.3. The average molecular weight is 628 g/mol. The molecule has 0 radical (unpaired) electrons. The molecule has 0 N–H and O–H groups in total. The molecule has 0 amide bonds. The molecule has 0 saturated heterocycles. The van der Waals surface area contributed by atoms with Crippen LogP contribution in [0.15, 0.2) is 176 Å². The van der Waals surface area contributed by atoms with Gasteiger partial charge in [0.25, 0.3) is 0 Å². The van der Waals surface area contributed by atoms with E-state index in [0.717, 1.165) is 33.0 Å². The van der Waals surface area contributed by atoms with Gasteiger partial charge < -0.3 is 4.57 Å². The zero-order valence-electron chi connectivity index (χ0n) is 26.1. The first-order valence-corrected chi connectivity index (χ1v) is 18.0. The van der Waals surface area contributed by atoms with E-state index in [-0.39, 0.29) is 0 Å². The standard InChI is InChI=1S/C44H29N3Si/c45-30-32-28-34(47-43-22-12-10-20-41(43)42-21-11-13-23-44(42)47)24-26-39(32)40-27-25-38(29-33(40)31-46)48(35-14-4-1-5-15-35,36-16-6-2-7-17-36)37-18-8-3-9-19-37/h1-29H/q-1. The first kappa shape index (κ1) is 29.0. The van der Waals surface area contributed by atoms with Crippen LogP contribution < -0.4 is 20.7 Å². The number of para-hydroxylation sites is 2. The number of fused-ring (bicyclic) bond motifs is 3. The Balaban J connectivity index is 1.33. The summed E-state index contributed by atoms with van der Waals surface area (Å²) in [5.41, 5.74) is 5.65. The first-order valence-electron chi connectivity index (χ1n) is 16.0. The molecule has 1 heterocycles. The van der Waals surface area contributed by atoms with Gasteiger partial charge >= 0.3 is 0 Å². The molecule has 4 heteroatoms. The highest BCUT2D eigenvalue weighted by molar-refractivity contribution is 7.19. The quantitative estimate of drug-likeness (QED) is 0.141. The number of hydrogen-bond donors (Lipinski definition) is 0. The fraction of sp³-hybridized carbons (Fsp3) is 0. The fourth-order valence-corrected chi connectivity index (χ4v) is 12.1. The van der Waals surface area contributed by atoms with Gasteiger partial charge in [-0.3, -0.25) is 0 Å². The summed E-state index contributed by atoms with van der Waals surface area (Å²) in [6.45, 7) is 0. The second-order valence-electron chi connectivity index (χ2n) is 11.9. The molecule has 7 aromatic carbocycles. The van der Waals surface area contributed by atoms with Gasteiger partial charge in [-0.05, 0) is 32.3 Å². The summed E-state index contributed by atoms with van der Waals surface area (Å²) in [6.07, 6.45) is 0. The summed E-state index contributed by atoms with van der Waals surface area (Å²) in [7, 11) is -2.81. The van der Waals surface area contributed by atoms with E-state index < -0.39 is 8.07 Å². The van der Waals surface area contributed by atoms with E-state index in [4.69, 9.17) is 0 Å². The number of hydrogen-bond acceptors (Lipinski definition) is 2. The Morgan fingerprint density at radius 3 is 1.29 bits per heavy atom. The second-order valence-corrected chi connectivity index (χ2v) is 15.7. The second kappa shape index (κ2) is 12.0. The van der Waals surface area contributed by atoms with Crippen LogP contribution in [-0.2, 0) is 0 Å². The largest absolute Gasteiger partial charge is 0.309 e. The Bertz CT molecular complexity index is 2370. The Morgan fingerprint density at radius 2 is 0.812 bits per heavy atom. The molecule has 0 bridgehead atoms. The lowest BCUT2D eigenvalue weighted by atomic mass is 9.96. The molecule has 48 heavy (non-hydrogen) atoms. The van der Waals surface area contributed by atoms with Crippen molar-refractivity contribution >= 4 is 50.6 Å². The van der Waals surface area contributed by atoms with E-state index in [0.29, 0.717) is 11.1 Å². The van der Waals surface area contributed by atoms with Crippen molar-refractivity contribution in [2.24, 2.45) is 0 Å². The normalized spacial score (nSPS) is 11.3. The van der Waals surface area contributed by atoms with Crippen LogP contribution in [0.3, 0.4) is 0 Å². The van der Waals surface area contributed by atoms with Gasteiger partial charge in [0.15, 0.2) is 0 Å². The maximum absolute atomic E-state index is 10.7. The van der Waals surface area contributed by atoms with Crippen LogP contribution >= 0.6 is 0 Å². The van der Waals surface area contributed by atoms with Crippen molar-refractivity contribution in [3.05, 3.63) is 187 Å². The van der Waals surface area contributed by atoms with Crippen molar-refractivity contribution < 1.29 is 0 Å². The summed E-state index contributed by atoms with van der Waals surface area (Å²) in [4.78, 5) is 0. The first-order chi connectivity index (χ1) is 23.7. The lowest BCUT2D eigenvalue weighted by Gasteiger charge is -2.47. The lowest BCUT2D eigenvalue weighted by molar-refractivity contribution is 1.18. The zero-order valence-corrected chi connectivity index (χ0v) is 27.1. The minimum Gasteiger partial charge on any atom is -0.309 e. The summed E-state index contributed by atoms with van der Waals surface area (Å²) in [5.74, 6) is 0. The van der Waals surface area contributed by atoms with Crippen LogP contribution in [-0.4, -0.2) is 12.6 Å². The predicted molar refractivity (Wildman–Crippen MR) is 199 cm³/mol. The Hall–Kier alpha value is -6.46. The smallest absolute Gasteiger partial charge is 0.0998 e. The molecule has 0 aliphatic rings. The minimum atomic E-state index is -2.81. The number of aromatic nitrogens is 1. The molecule has 8 rings (SSSR count). The topological polar surface area (TPSA) is 52.5 Å². The van der Waals surface area contributed by atoms with Gasteiger partial charge in [0.1, 0.15) is 0 Å². The van der Waals surface area contributed by atoms with E-state index in [2.05, 4.69) is 162 Å². The Labute approximate surface area is 280 Å². The molecular weight excluding hydrogens is 599 g/mol.